The molecule has 4 aliphatic rings. The number of carbonyl (C=O) groups is 3. The zero-order chi connectivity index (χ0) is 20.4. The first-order valence-electron chi connectivity index (χ1n) is 10.2. The van der Waals surface area contributed by atoms with Crippen molar-refractivity contribution in [2.75, 3.05) is 13.2 Å². The topological polar surface area (TPSA) is 96.5 Å². The molecular formula is C21H26BrN3O4. The molecule has 3 N–H and O–H groups in total. The van der Waals surface area contributed by atoms with Gasteiger partial charge in [0, 0.05) is 9.89 Å². The zero-order valence-corrected chi connectivity index (χ0v) is 17.8. The number of carbonyl (C=O) groups excluding carboxylic acids is 3. The monoisotopic (exact) mass is 463 g/mol. The summed E-state index contributed by atoms with van der Waals surface area (Å²) < 4.78 is 6.20. The molecule has 0 aromatic heterocycles. The molecule has 4 bridgehead atoms. The fraction of sp³-hybridized carbons (Fsp3) is 0.571. The summed E-state index contributed by atoms with van der Waals surface area (Å²) in [6, 6.07) is 7.12. The van der Waals surface area contributed by atoms with E-state index in [2.05, 4.69) is 32.1 Å². The molecule has 156 valence electrons. The number of ether oxygens (including phenoxy) is 1. The Balaban J connectivity index is 1.17. The molecule has 0 aliphatic heterocycles. The maximum atomic E-state index is 12.8. The van der Waals surface area contributed by atoms with Crippen LogP contribution >= 0.6 is 15.9 Å². The van der Waals surface area contributed by atoms with E-state index < -0.39 is 11.8 Å². The van der Waals surface area contributed by atoms with E-state index >= 15 is 0 Å². The molecule has 0 heterocycles. The smallest absolute Gasteiger partial charge is 0.276 e. The third-order valence-corrected chi connectivity index (χ3v) is 6.93. The predicted molar refractivity (Wildman–Crippen MR) is 110 cm³/mol. The van der Waals surface area contributed by atoms with Crippen molar-refractivity contribution in [1.29, 1.82) is 0 Å². The van der Waals surface area contributed by atoms with Gasteiger partial charge in [-0.15, -0.1) is 0 Å². The van der Waals surface area contributed by atoms with Gasteiger partial charge in [0.05, 0.1) is 6.54 Å². The Labute approximate surface area is 178 Å². The molecule has 4 fully saturated rings. The fourth-order valence-electron chi connectivity index (χ4n) is 5.66. The average molecular weight is 464 g/mol. The maximum Gasteiger partial charge on any atom is 0.276 e. The van der Waals surface area contributed by atoms with Gasteiger partial charge in [-0.2, -0.15) is 0 Å². The van der Waals surface area contributed by atoms with Crippen LogP contribution < -0.4 is 20.9 Å². The highest BCUT2D eigenvalue weighted by Crippen LogP contribution is 2.60. The molecule has 0 spiro atoms. The van der Waals surface area contributed by atoms with Gasteiger partial charge in [-0.05, 0) is 74.5 Å². The number of benzene rings is 1. The van der Waals surface area contributed by atoms with E-state index in [1.807, 2.05) is 6.07 Å². The van der Waals surface area contributed by atoms with Crippen LogP contribution in [0.15, 0.2) is 28.7 Å². The Bertz CT molecular complexity index is 778. The van der Waals surface area contributed by atoms with Crippen molar-refractivity contribution in [1.82, 2.24) is 16.2 Å². The molecule has 4 saturated carbocycles. The summed E-state index contributed by atoms with van der Waals surface area (Å²) in [5.41, 5.74) is 4.34. The minimum Gasteiger partial charge on any atom is -0.484 e. The van der Waals surface area contributed by atoms with E-state index in [0.29, 0.717) is 23.5 Å². The van der Waals surface area contributed by atoms with Gasteiger partial charge in [-0.3, -0.25) is 25.2 Å². The molecule has 29 heavy (non-hydrogen) atoms. The van der Waals surface area contributed by atoms with Gasteiger partial charge in [0.15, 0.2) is 6.61 Å². The molecule has 0 unspecified atom stereocenters. The first kappa shape index (κ1) is 20.2. The van der Waals surface area contributed by atoms with Crippen LogP contribution in [-0.2, 0) is 14.4 Å². The first-order valence-corrected chi connectivity index (χ1v) is 11.0. The van der Waals surface area contributed by atoms with E-state index in [4.69, 9.17) is 4.74 Å². The highest BCUT2D eigenvalue weighted by atomic mass is 79.9. The van der Waals surface area contributed by atoms with E-state index in [9.17, 15) is 14.4 Å². The van der Waals surface area contributed by atoms with Gasteiger partial charge in [0.1, 0.15) is 5.75 Å². The summed E-state index contributed by atoms with van der Waals surface area (Å²) in [4.78, 5) is 36.7. The fourth-order valence-corrected chi connectivity index (χ4v) is 6.04. The lowest BCUT2D eigenvalue weighted by Gasteiger charge is -2.55. The lowest BCUT2D eigenvalue weighted by molar-refractivity contribution is -0.147. The molecule has 1 aromatic carbocycles. The summed E-state index contributed by atoms with van der Waals surface area (Å²) >= 11 is 3.33. The summed E-state index contributed by atoms with van der Waals surface area (Å²) in [5.74, 6) is 1.62. The molecular weight excluding hydrogens is 438 g/mol. The van der Waals surface area contributed by atoms with Gasteiger partial charge < -0.3 is 10.1 Å². The summed E-state index contributed by atoms with van der Waals surface area (Å²) in [5, 5.41) is 2.79. The normalized spacial score (nSPS) is 29.2. The third-order valence-electron chi connectivity index (χ3n) is 6.44. The Morgan fingerprint density at radius 3 is 2.24 bits per heavy atom. The number of rotatable bonds is 6. The molecule has 1 aromatic rings. The Morgan fingerprint density at radius 1 is 1.00 bits per heavy atom. The average Bonchev–Trinajstić information content (AvgIpc) is 2.68. The number of amides is 3. The Hall–Kier alpha value is -2.09. The number of nitrogens with one attached hydrogen (secondary N) is 3. The molecule has 0 saturated heterocycles. The molecule has 8 heteroatoms. The minimum absolute atomic E-state index is 0.00364. The van der Waals surface area contributed by atoms with Crippen LogP contribution in [0.1, 0.15) is 38.5 Å². The highest BCUT2D eigenvalue weighted by molar-refractivity contribution is 9.10. The van der Waals surface area contributed by atoms with Crippen LogP contribution in [0, 0.1) is 23.2 Å². The van der Waals surface area contributed by atoms with Gasteiger partial charge in [0.25, 0.3) is 11.8 Å². The molecule has 7 nitrogen and oxygen atoms in total. The Morgan fingerprint density at radius 2 is 1.62 bits per heavy atom. The van der Waals surface area contributed by atoms with Crippen LogP contribution in [0.4, 0.5) is 0 Å². The van der Waals surface area contributed by atoms with Crippen molar-refractivity contribution in [3.05, 3.63) is 28.7 Å². The quantitative estimate of drug-likeness (QED) is 0.563. The van der Waals surface area contributed by atoms with Crippen LogP contribution in [0.3, 0.4) is 0 Å². The molecule has 4 aliphatic carbocycles. The first-order chi connectivity index (χ1) is 13.9. The van der Waals surface area contributed by atoms with Crippen molar-refractivity contribution in [3.63, 3.8) is 0 Å². The molecule has 5 rings (SSSR count). The highest BCUT2D eigenvalue weighted by Gasteiger charge is 2.54. The van der Waals surface area contributed by atoms with Crippen molar-refractivity contribution >= 4 is 33.7 Å². The second kappa shape index (κ2) is 8.34. The summed E-state index contributed by atoms with van der Waals surface area (Å²) in [6.45, 7) is -0.371. The van der Waals surface area contributed by atoms with Gasteiger partial charge in [0.2, 0.25) is 5.91 Å². The largest absolute Gasteiger partial charge is 0.484 e. The van der Waals surface area contributed by atoms with E-state index in [-0.39, 0.29) is 24.5 Å². The lowest BCUT2D eigenvalue weighted by atomic mass is 9.49. The van der Waals surface area contributed by atoms with Gasteiger partial charge in [-0.1, -0.05) is 22.0 Å². The van der Waals surface area contributed by atoms with E-state index in [0.717, 1.165) is 23.7 Å². The van der Waals surface area contributed by atoms with Crippen LogP contribution in [-0.4, -0.2) is 30.9 Å². The van der Waals surface area contributed by atoms with Crippen molar-refractivity contribution in [3.8, 4) is 5.75 Å². The van der Waals surface area contributed by atoms with Crippen molar-refractivity contribution in [2.45, 2.75) is 38.5 Å². The number of halogens is 1. The van der Waals surface area contributed by atoms with Crippen molar-refractivity contribution < 1.29 is 19.1 Å². The SMILES string of the molecule is O=C(CNC(=O)C12CC3CC(CC(C3)C1)C2)NNC(=O)COc1cccc(Br)c1. The molecule has 0 radical (unpaired) electrons. The van der Waals surface area contributed by atoms with Crippen molar-refractivity contribution in [2.24, 2.45) is 23.2 Å². The Kier molecular flexibility index (Phi) is 5.81. The second-order valence-corrected chi connectivity index (χ2v) is 9.64. The standard InChI is InChI=1S/C21H26BrN3O4/c22-16-2-1-3-17(7-16)29-12-19(27)25-24-18(26)11-23-20(28)21-8-13-4-14(9-21)6-15(5-13)10-21/h1-3,7,13-15H,4-6,8-12H2,(H,23,28)(H,24,26)(H,25,27). The predicted octanol–water partition coefficient (Wildman–Crippen LogP) is 2.31. The van der Waals surface area contributed by atoms with Gasteiger partial charge >= 0.3 is 0 Å². The van der Waals surface area contributed by atoms with Crippen LogP contribution in [0.5, 0.6) is 5.75 Å². The van der Waals surface area contributed by atoms with E-state index in [1.165, 1.54) is 19.3 Å². The molecule has 3 amide bonds. The summed E-state index contributed by atoms with van der Waals surface area (Å²) in [7, 11) is 0. The number of hydrazine groups is 1. The number of hydrogen-bond donors (Lipinski definition) is 3. The van der Waals surface area contributed by atoms with Gasteiger partial charge in [-0.25, -0.2) is 0 Å². The van der Waals surface area contributed by atoms with Crippen LogP contribution in [0.25, 0.3) is 0 Å². The van der Waals surface area contributed by atoms with E-state index in [1.54, 1.807) is 18.2 Å². The second-order valence-electron chi connectivity index (χ2n) is 8.72. The maximum absolute atomic E-state index is 12.8. The lowest BCUT2D eigenvalue weighted by Crippen LogP contribution is -2.55. The zero-order valence-electron chi connectivity index (χ0n) is 16.2. The molecule has 0 atom stereocenters. The number of hydrogen-bond acceptors (Lipinski definition) is 4. The third kappa shape index (κ3) is 4.74. The summed E-state index contributed by atoms with van der Waals surface area (Å²) in [6.07, 6.45) is 6.66. The minimum atomic E-state index is -0.481. The van der Waals surface area contributed by atoms with Crippen LogP contribution in [0.2, 0.25) is 0 Å².